The van der Waals surface area contributed by atoms with E-state index >= 15 is 0 Å². The number of cyclic esters (lactones) is 1. The zero-order chi connectivity index (χ0) is 24.4. The monoisotopic (exact) mass is 497 g/mol. The lowest BCUT2D eigenvalue weighted by molar-refractivity contribution is 0.0913. The van der Waals surface area contributed by atoms with Gasteiger partial charge in [0.25, 0.3) is 5.91 Å². The zero-order valence-electron chi connectivity index (χ0n) is 19.0. The molecule has 2 aliphatic heterocycles. The number of nitrogens with one attached hydrogen (secondary N) is 2. The molecular formula is C24H24ClN5O5. The fourth-order valence-corrected chi connectivity index (χ4v) is 4.42. The number of benzene rings is 1. The van der Waals surface area contributed by atoms with Gasteiger partial charge in [0.05, 0.1) is 18.8 Å². The number of methoxy groups -OCH3 is 1. The van der Waals surface area contributed by atoms with Crippen LogP contribution in [0, 0.1) is 0 Å². The number of hydrogen-bond donors (Lipinski definition) is 2. The summed E-state index contributed by atoms with van der Waals surface area (Å²) in [6.07, 6.45) is 2.42. The summed E-state index contributed by atoms with van der Waals surface area (Å²) in [6.45, 7) is 1.21. The summed E-state index contributed by atoms with van der Waals surface area (Å²) in [5.74, 6) is 0.241. The molecule has 2 amide bonds. The van der Waals surface area contributed by atoms with Crippen LogP contribution in [0.1, 0.15) is 28.8 Å². The topological polar surface area (TPSA) is 119 Å². The van der Waals surface area contributed by atoms with Crippen molar-refractivity contribution in [3.63, 3.8) is 0 Å². The van der Waals surface area contributed by atoms with E-state index < -0.39 is 0 Å². The van der Waals surface area contributed by atoms with E-state index in [0.717, 1.165) is 5.56 Å². The Labute approximate surface area is 206 Å². The van der Waals surface area contributed by atoms with Gasteiger partial charge >= 0.3 is 6.09 Å². The van der Waals surface area contributed by atoms with Crippen LogP contribution in [0.25, 0.3) is 11.4 Å². The summed E-state index contributed by atoms with van der Waals surface area (Å²) in [5.41, 5.74) is 2.26. The molecule has 0 unspecified atom stereocenters. The molecule has 0 saturated carbocycles. The molecule has 35 heavy (non-hydrogen) atoms. The third-order valence-corrected chi connectivity index (χ3v) is 6.36. The van der Waals surface area contributed by atoms with Gasteiger partial charge in [0, 0.05) is 43.2 Å². The maximum absolute atomic E-state index is 13.1. The SMILES string of the molecule is COc1nc(-c2ccn[nH]2)c(O[C@H]2CCN3C(=O)OC[C@@H]3C2)cc1C(=O)NCc1ccc(Cl)cc1. The summed E-state index contributed by atoms with van der Waals surface area (Å²) < 4.78 is 17.0. The molecule has 0 aliphatic carbocycles. The average Bonchev–Trinajstić information content (AvgIpc) is 3.53. The molecule has 182 valence electrons. The number of halogens is 1. The van der Waals surface area contributed by atoms with Crippen LogP contribution in [-0.4, -0.2) is 64.5 Å². The van der Waals surface area contributed by atoms with Crippen LogP contribution in [0.2, 0.25) is 5.02 Å². The summed E-state index contributed by atoms with van der Waals surface area (Å²) in [4.78, 5) is 31.2. The minimum atomic E-state index is -0.352. The fraction of sp³-hybridized carbons (Fsp3) is 0.333. The number of carbonyl (C=O) groups is 2. The number of ether oxygens (including phenoxy) is 3. The standard InChI is InChI=1S/C24H24ClN5O5/c1-33-23-18(22(31)26-12-14-2-4-15(25)5-3-14)11-20(21(28-23)19-6-8-27-29-19)35-17-7-9-30-16(10-17)13-34-24(30)32/h2-6,8,11,16-17H,7,9-10,12-13H2,1H3,(H,26,31)(H,27,29)/t16-,17-/m0/s1. The largest absolute Gasteiger partial charge is 0.488 e. The van der Waals surface area contributed by atoms with Crippen molar-refractivity contribution in [2.75, 3.05) is 20.3 Å². The number of H-pyrrole nitrogens is 1. The van der Waals surface area contributed by atoms with Gasteiger partial charge in [-0.15, -0.1) is 0 Å². The lowest BCUT2D eigenvalue weighted by atomic mass is 10.0. The van der Waals surface area contributed by atoms with Crippen molar-refractivity contribution in [2.24, 2.45) is 0 Å². The number of aromatic amines is 1. The number of hydrogen-bond acceptors (Lipinski definition) is 7. The molecule has 2 fully saturated rings. The van der Waals surface area contributed by atoms with Gasteiger partial charge in [-0.1, -0.05) is 23.7 Å². The summed E-state index contributed by atoms with van der Waals surface area (Å²) in [6, 6.07) is 10.6. The molecule has 3 aromatic rings. The Morgan fingerprint density at radius 2 is 2.14 bits per heavy atom. The maximum atomic E-state index is 13.1. The second kappa shape index (κ2) is 9.83. The minimum Gasteiger partial charge on any atom is -0.488 e. The summed E-state index contributed by atoms with van der Waals surface area (Å²) in [7, 11) is 1.46. The molecule has 5 rings (SSSR count). The lowest BCUT2D eigenvalue weighted by Crippen LogP contribution is -2.44. The molecule has 11 heteroatoms. The highest BCUT2D eigenvalue weighted by molar-refractivity contribution is 6.30. The van der Waals surface area contributed by atoms with Gasteiger partial charge in [-0.25, -0.2) is 9.78 Å². The van der Waals surface area contributed by atoms with E-state index in [1.54, 1.807) is 35.4 Å². The summed E-state index contributed by atoms with van der Waals surface area (Å²) in [5, 5.41) is 10.4. The highest BCUT2D eigenvalue weighted by atomic mass is 35.5. The predicted octanol–water partition coefficient (Wildman–Crippen LogP) is 3.43. The van der Waals surface area contributed by atoms with E-state index in [4.69, 9.17) is 25.8 Å². The Balaban J connectivity index is 1.40. The van der Waals surface area contributed by atoms with Crippen molar-refractivity contribution in [3.05, 3.63) is 58.7 Å². The molecule has 0 bridgehead atoms. The first kappa shape index (κ1) is 23.0. The van der Waals surface area contributed by atoms with E-state index in [1.807, 2.05) is 12.1 Å². The molecule has 0 spiro atoms. The number of rotatable bonds is 7. The second-order valence-corrected chi connectivity index (χ2v) is 8.80. The van der Waals surface area contributed by atoms with E-state index in [2.05, 4.69) is 20.5 Å². The molecule has 2 aromatic heterocycles. The predicted molar refractivity (Wildman–Crippen MR) is 126 cm³/mol. The second-order valence-electron chi connectivity index (χ2n) is 8.36. The van der Waals surface area contributed by atoms with Crippen molar-refractivity contribution < 1.29 is 23.8 Å². The first-order valence-corrected chi connectivity index (χ1v) is 11.6. The van der Waals surface area contributed by atoms with Crippen LogP contribution < -0.4 is 14.8 Å². The van der Waals surface area contributed by atoms with E-state index in [1.165, 1.54) is 7.11 Å². The molecule has 10 nitrogen and oxygen atoms in total. The lowest BCUT2D eigenvalue weighted by Gasteiger charge is -2.32. The Bertz CT molecular complexity index is 1220. The summed E-state index contributed by atoms with van der Waals surface area (Å²) >= 11 is 5.94. The van der Waals surface area contributed by atoms with Crippen LogP contribution in [0.15, 0.2) is 42.6 Å². The number of nitrogens with zero attached hydrogens (tertiary/aromatic N) is 3. The fourth-order valence-electron chi connectivity index (χ4n) is 4.30. The van der Waals surface area contributed by atoms with Crippen LogP contribution in [0.4, 0.5) is 4.79 Å². The number of piperidine rings is 1. The number of carbonyl (C=O) groups excluding carboxylic acids is 2. The van der Waals surface area contributed by atoms with Crippen LogP contribution >= 0.6 is 11.6 Å². The van der Waals surface area contributed by atoms with Gasteiger partial charge in [0.15, 0.2) is 0 Å². The van der Waals surface area contributed by atoms with Crippen molar-refractivity contribution in [1.29, 1.82) is 0 Å². The molecule has 4 heterocycles. The molecule has 2 aliphatic rings. The van der Waals surface area contributed by atoms with Gasteiger partial charge < -0.3 is 24.4 Å². The Morgan fingerprint density at radius 3 is 2.89 bits per heavy atom. The highest BCUT2D eigenvalue weighted by Crippen LogP contribution is 2.35. The molecular weight excluding hydrogens is 474 g/mol. The minimum absolute atomic E-state index is 0.0230. The van der Waals surface area contributed by atoms with Gasteiger partial charge in [0.2, 0.25) is 5.88 Å². The number of pyridine rings is 1. The molecule has 0 radical (unpaired) electrons. The Morgan fingerprint density at radius 1 is 1.31 bits per heavy atom. The zero-order valence-corrected chi connectivity index (χ0v) is 19.7. The van der Waals surface area contributed by atoms with Crippen LogP contribution in [0.3, 0.4) is 0 Å². The number of amides is 2. The van der Waals surface area contributed by atoms with Crippen LogP contribution in [0.5, 0.6) is 11.6 Å². The van der Waals surface area contributed by atoms with Crippen molar-refractivity contribution in [2.45, 2.75) is 31.5 Å². The first-order chi connectivity index (χ1) is 17.0. The third-order valence-electron chi connectivity index (χ3n) is 6.11. The Hall–Kier alpha value is -3.79. The number of fused-ring (bicyclic) bond motifs is 1. The Kier molecular flexibility index (Phi) is 6.45. The van der Waals surface area contributed by atoms with Gasteiger partial charge in [0.1, 0.15) is 29.7 Å². The smallest absolute Gasteiger partial charge is 0.410 e. The van der Waals surface area contributed by atoms with Crippen molar-refractivity contribution >= 4 is 23.6 Å². The quantitative estimate of drug-likeness (QED) is 0.513. The van der Waals surface area contributed by atoms with Crippen molar-refractivity contribution in [3.8, 4) is 23.0 Å². The average molecular weight is 498 g/mol. The van der Waals surface area contributed by atoms with E-state index in [-0.39, 0.29) is 35.6 Å². The first-order valence-electron chi connectivity index (χ1n) is 11.2. The molecule has 1 aromatic carbocycles. The number of aromatic nitrogens is 3. The van der Waals surface area contributed by atoms with Gasteiger partial charge in [-0.2, -0.15) is 5.10 Å². The molecule has 2 atom stereocenters. The normalized spacial score (nSPS) is 19.1. The van der Waals surface area contributed by atoms with E-state index in [0.29, 0.717) is 54.7 Å². The van der Waals surface area contributed by atoms with Gasteiger partial charge in [-0.05, 0) is 23.8 Å². The van der Waals surface area contributed by atoms with Crippen LogP contribution in [-0.2, 0) is 11.3 Å². The molecule has 2 saturated heterocycles. The van der Waals surface area contributed by atoms with Crippen molar-refractivity contribution in [1.82, 2.24) is 25.4 Å². The third kappa shape index (κ3) is 4.88. The highest BCUT2D eigenvalue weighted by Gasteiger charge is 2.39. The molecule has 2 N–H and O–H groups in total. The van der Waals surface area contributed by atoms with Gasteiger partial charge in [-0.3, -0.25) is 9.89 Å². The maximum Gasteiger partial charge on any atom is 0.410 e. The van der Waals surface area contributed by atoms with E-state index in [9.17, 15) is 9.59 Å².